The molecule has 2 heterocycles. The standard InChI is InChI=1S/C18H21F3N2O5/c1-25-15(24)16(6-7-16)12-10-13(23-14(22-12)18(19,20)21)28-11-2-4-17(5-3-11)26-8-9-27-17/h10-11H,2-9H2,1H3. The normalized spacial score (nSPS) is 23.6. The number of hydrogen-bond donors (Lipinski definition) is 0. The van der Waals surface area contributed by atoms with Gasteiger partial charge in [-0.15, -0.1) is 0 Å². The SMILES string of the molecule is COC(=O)C1(c2cc(OC3CCC4(CC3)OCCO4)nc(C(F)(F)F)n2)CC1. The highest BCUT2D eigenvalue weighted by molar-refractivity contribution is 5.86. The van der Waals surface area contributed by atoms with Crippen molar-refractivity contribution in [2.24, 2.45) is 0 Å². The van der Waals surface area contributed by atoms with Crippen LogP contribution in [0.1, 0.15) is 50.0 Å². The third-order valence-electron chi connectivity index (χ3n) is 5.57. The van der Waals surface area contributed by atoms with Crippen LogP contribution in [-0.2, 0) is 30.6 Å². The smallest absolute Gasteiger partial charge is 0.451 e. The summed E-state index contributed by atoms with van der Waals surface area (Å²) in [5.74, 6) is -2.68. The number of carbonyl (C=O) groups is 1. The molecule has 2 aliphatic carbocycles. The summed E-state index contributed by atoms with van der Waals surface area (Å²) in [7, 11) is 1.21. The van der Waals surface area contributed by atoms with E-state index in [4.69, 9.17) is 18.9 Å². The molecule has 1 spiro atoms. The number of rotatable bonds is 4. The first-order chi connectivity index (χ1) is 13.3. The Balaban J connectivity index is 1.55. The lowest BCUT2D eigenvalue weighted by molar-refractivity contribution is -0.186. The fraction of sp³-hybridized carbons (Fsp3) is 0.722. The predicted molar refractivity (Wildman–Crippen MR) is 87.5 cm³/mol. The summed E-state index contributed by atoms with van der Waals surface area (Å²) in [5, 5.41) is 0. The molecular formula is C18H21F3N2O5. The molecule has 1 aromatic heterocycles. The minimum Gasteiger partial charge on any atom is -0.474 e. The van der Waals surface area contributed by atoms with Crippen molar-refractivity contribution < 1.29 is 36.9 Å². The monoisotopic (exact) mass is 402 g/mol. The Hall–Kier alpha value is -1.94. The molecule has 3 aliphatic rings. The third kappa shape index (κ3) is 3.55. The van der Waals surface area contributed by atoms with Crippen LogP contribution in [0.25, 0.3) is 0 Å². The first-order valence-corrected chi connectivity index (χ1v) is 9.26. The number of ether oxygens (including phenoxy) is 4. The zero-order valence-corrected chi connectivity index (χ0v) is 15.4. The van der Waals surface area contributed by atoms with Crippen LogP contribution >= 0.6 is 0 Å². The van der Waals surface area contributed by atoms with Gasteiger partial charge in [0.25, 0.3) is 0 Å². The van der Waals surface area contributed by atoms with Gasteiger partial charge < -0.3 is 18.9 Å². The number of esters is 1. The van der Waals surface area contributed by atoms with Gasteiger partial charge in [-0.05, 0) is 25.7 Å². The van der Waals surface area contributed by atoms with Crippen LogP contribution in [0.2, 0.25) is 0 Å². The molecule has 0 N–H and O–H groups in total. The molecule has 0 atom stereocenters. The fourth-order valence-corrected chi connectivity index (χ4v) is 3.85. The Labute approximate surface area is 159 Å². The second-order valence-corrected chi connectivity index (χ2v) is 7.41. The third-order valence-corrected chi connectivity index (χ3v) is 5.57. The summed E-state index contributed by atoms with van der Waals surface area (Å²) in [6.45, 7) is 1.09. The second-order valence-electron chi connectivity index (χ2n) is 7.41. The minimum absolute atomic E-state index is 0.00795. The molecule has 28 heavy (non-hydrogen) atoms. The van der Waals surface area contributed by atoms with E-state index in [1.807, 2.05) is 0 Å². The molecule has 0 aromatic carbocycles. The molecule has 0 unspecified atom stereocenters. The summed E-state index contributed by atoms with van der Waals surface area (Å²) >= 11 is 0. The van der Waals surface area contributed by atoms with Gasteiger partial charge >= 0.3 is 12.1 Å². The van der Waals surface area contributed by atoms with Crippen molar-refractivity contribution in [3.05, 3.63) is 17.6 Å². The molecule has 7 nitrogen and oxygen atoms in total. The first kappa shape index (κ1) is 19.4. The summed E-state index contributed by atoms with van der Waals surface area (Å²) in [4.78, 5) is 19.2. The fourth-order valence-electron chi connectivity index (χ4n) is 3.85. The topological polar surface area (TPSA) is 79.8 Å². The van der Waals surface area contributed by atoms with Crippen LogP contribution in [0.5, 0.6) is 5.88 Å². The number of carbonyl (C=O) groups excluding carboxylic acids is 1. The minimum atomic E-state index is -4.75. The summed E-state index contributed by atoms with van der Waals surface area (Å²) < 4.78 is 61.7. The largest absolute Gasteiger partial charge is 0.474 e. The maximum Gasteiger partial charge on any atom is 0.451 e. The van der Waals surface area contributed by atoms with Crippen molar-refractivity contribution in [3.8, 4) is 5.88 Å². The lowest BCUT2D eigenvalue weighted by Gasteiger charge is -2.35. The van der Waals surface area contributed by atoms with E-state index in [0.29, 0.717) is 51.7 Å². The highest BCUT2D eigenvalue weighted by Crippen LogP contribution is 2.49. The molecule has 10 heteroatoms. The summed E-state index contributed by atoms with van der Waals surface area (Å²) in [5.41, 5.74) is -1.15. The summed E-state index contributed by atoms with van der Waals surface area (Å²) in [6, 6.07) is 1.33. The number of nitrogens with zero attached hydrogens (tertiary/aromatic N) is 2. The van der Waals surface area contributed by atoms with E-state index in [2.05, 4.69) is 9.97 Å². The van der Waals surface area contributed by atoms with Gasteiger partial charge in [-0.3, -0.25) is 4.79 Å². The predicted octanol–water partition coefficient (Wildman–Crippen LogP) is 2.76. The maximum atomic E-state index is 13.3. The average Bonchev–Trinajstić information content (AvgIpc) is 3.37. The molecule has 1 aliphatic heterocycles. The van der Waals surface area contributed by atoms with E-state index in [1.165, 1.54) is 13.2 Å². The van der Waals surface area contributed by atoms with E-state index in [1.54, 1.807) is 0 Å². The summed E-state index contributed by atoms with van der Waals surface area (Å²) in [6.07, 6.45) is -1.94. The van der Waals surface area contributed by atoms with E-state index in [0.717, 1.165) is 0 Å². The molecule has 154 valence electrons. The van der Waals surface area contributed by atoms with Gasteiger partial charge in [-0.25, -0.2) is 4.98 Å². The van der Waals surface area contributed by atoms with Gasteiger partial charge in [0, 0.05) is 18.9 Å². The molecular weight excluding hydrogens is 381 g/mol. The van der Waals surface area contributed by atoms with Gasteiger partial charge in [0.2, 0.25) is 11.7 Å². The van der Waals surface area contributed by atoms with E-state index in [9.17, 15) is 18.0 Å². The quantitative estimate of drug-likeness (QED) is 0.717. The Morgan fingerprint density at radius 3 is 2.32 bits per heavy atom. The Kier molecular flexibility index (Phi) is 4.73. The number of hydrogen-bond acceptors (Lipinski definition) is 7. The van der Waals surface area contributed by atoms with Gasteiger partial charge in [0.05, 0.1) is 26.0 Å². The van der Waals surface area contributed by atoms with Crippen molar-refractivity contribution in [3.63, 3.8) is 0 Å². The number of aromatic nitrogens is 2. The molecule has 1 aromatic rings. The van der Waals surface area contributed by atoms with E-state index < -0.39 is 29.2 Å². The average molecular weight is 402 g/mol. The highest BCUT2D eigenvalue weighted by atomic mass is 19.4. The zero-order valence-electron chi connectivity index (χ0n) is 15.4. The number of methoxy groups -OCH3 is 1. The Morgan fingerprint density at radius 2 is 1.79 bits per heavy atom. The number of halogens is 3. The van der Waals surface area contributed by atoms with Crippen molar-refractivity contribution >= 4 is 5.97 Å². The Bertz CT molecular complexity index is 750. The van der Waals surface area contributed by atoms with Crippen molar-refractivity contribution in [1.29, 1.82) is 0 Å². The zero-order chi connectivity index (χ0) is 20.0. The van der Waals surface area contributed by atoms with Crippen molar-refractivity contribution in [1.82, 2.24) is 9.97 Å². The molecule has 0 amide bonds. The van der Waals surface area contributed by atoms with E-state index >= 15 is 0 Å². The van der Waals surface area contributed by atoms with Crippen LogP contribution in [0.3, 0.4) is 0 Å². The lowest BCUT2D eigenvalue weighted by Crippen LogP contribution is -2.38. The van der Waals surface area contributed by atoms with Crippen LogP contribution in [-0.4, -0.2) is 48.2 Å². The second kappa shape index (κ2) is 6.84. The molecule has 4 rings (SSSR count). The molecule has 0 bridgehead atoms. The first-order valence-electron chi connectivity index (χ1n) is 9.26. The van der Waals surface area contributed by atoms with Gasteiger partial charge in [-0.1, -0.05) is 0 Å². The maximum absolute atomic E-state index is 13.3. The number of alkyl halides is 3. The molecule has 0 radical (unpaired) electrons. The molecule has 1 saturated heterocycles. The van der Waals surface area contributed by atoms with E-state index in [-0.39, 0.29) is 17.7 Å². The van der Waals surface area contributed by atoms with Gasteiger partial charge in [-0.2, -0.15) is 18.2 Å². The van der Waals surface area contributed by atoms with Crippen LogP contribution in [0.15, 0.2) is 6.07 Å². The Morgan fingerprint density at radius 1 is 1.14 bits per heavy atom. The van der Waals surface area contributed by atoms with Gasteiger partial charge in [0.15, 0.2) is 5.79 Å². The van der Waals surface area contributed by atoms with Gasteiger partial charge in [0.1, 0.15) is 11.5 Å². The molecule has 3 fully saturated rings. The van der Waals surface area contributed by atoms with Crippen molar-refractivity contribution in [2.75, 3.05) is 20.3 Å². The van der Waals surface area contributed by atoms with Crippen LogP contribution < -0.4 is 4.74 Å². The van der Waals surface area contributed by atoms with Crippen LogP contribution in [0, 0.1) is 0 Å². The van der Waals surface area contributed by atoms with Crippen LogP contribution in [0.4, 0.5) is 13.2 Å². The lowest BCUT2D eigenvalue weighted by atomic mass is 9.92. The highest BCUT2D eigenvalue weighted by Gasteiger charge is 2.55. The molecule has 2 saturated carbocycles. The van der Waals surface area contributed by atoms with Crippen molar-refractivity contribution in [2.45, 2.75) is 62.0 Å².